The van der Waals surface area contributed by atoms with E-state index in [0.717, 1.165) is 37.1 Å². The van der Waals surface area contributed by atoms with E-state index in [0.29, 0.717) is 12.5 Å². The van der Waals surface area contributed by atoms with Crippen LogP contribution < -0.4 is 5.73 Å². The van der Waals surface area contributed by atoms with Gasteiger partial charge in [-0.1, -0.05) is 45.2 Å². The van der Waals surface area contributed by atoms with Gasteiger partial charge < -0.3 is 10.6 Å². The zero-order valence-electron chi connectivity index (χ0n) is 13.4. The third-order valence-electron chi connectivity index (χ3n) is 4.61. The molecular formula is C18H28N2O. The first-order valence-corrected chi connectivity index (χ1v) is 8.19. The van der Waals surface area contributed by atoms with E-state index >= 15 is 0 Å². The number of benzene rings is 1. The summed E-state index contributed by atoms with van der Waals surface area (Å²) in [5.74, 6) is 0.334. The van der Waals surface area contributed by atoms with Gasteiger partial charge in [-0.15, -0.1) is 0 Å². The van der Waals surface area contributed by atoms with E-state index in [1.807, 2.05) is 29.2 Å². The summed E-state index contributed by atoms with van der Waals surface area (Å²) < 4.78 is 0. The predicted molar refractivity (Wildman–Crippen MR) is 87.8 cm³/mol. The van der Waals surface area contributed by atoms with Crippen molar-refractivity contribution in [2.24, 2.45) is 5.41 Å². The highest BCUT2D eigenvalue weighted by molar-refractivity contribution is 5.82. The molecule has 0 aliphatic heterocycles. The van der Waals surface area contributed by atoms with Crippen LogP contribution in [0.5, 0.6) is 0 Å². The van der Waals surface area contributed by atoms with Gasteiger partial charge in [0.15, 0.2) is 0 Å². The Hall–Kier alpha value is -1.51. The van der Waals surface area contributed by atoms with Crippen LogP contribution in [-0.4, -0.2) is 17.4 Å². The summed E-state index contributed by atoms with van der Waals surface area (Å²) in [4.78, 5) is 15.0. The van der Waals surface area contributed by atoms with Crippen LogP contribution >= 0.6 is 0 Å². The molecule has 2 N–H and O–H groups in total. The smallest absolute Gasteiger partial charge is 0.228 e. The van der Waals surface area contributed by atoms with Crippen LogP contribution in [0.15, 0.2) is 24.3 Å². The molecule has 1 aromatic rings. The molecule has 1 aliphatic carbocycles. The van der Waals surface area contributed by atoms with Gasteiger partial charge in [-0.3, -0.25) is 4.79 Å². The Kier molecular flexibility index (Phi) is 5.27. The maximum Gasteiger partial charge on any atom is 0.228 e. The summed E-state index contributed by atoms with van der Waals surface area (Å²) in [5, 5.41) is 0. The summed E-state index contributed by atoms with van der Waals surface area (Å²) in [6.07, 6.45) is 6.71. The van der Waals surface area contributed by atoms with Gasteiger partial charge in [-0.2, -0.15) is 0 Å². The summed E-state index contributed by atoms with van der Waals surface area (Å²) in [6, 6.07) is 7.86. The Bertz CT molecular complexity index is 461. The van der Waals surface area contributed by atoms with Gasteiger partial charge in [0.05, 0.1) is 0 Å². The van der Waals surface area contributed by atoms with E-state index in [2.05, 4.69) is 13.8 Å². The van der Waals surface area contributed by atoms with Crippen molar-refractivity contribution in [2.45, 2.75) is 58.9 Å². The lowest BCUT2D eigenvalue weighted by Gasteiger charge is -2.37. The zero-order valence-corrected chi connectivity index (χ0v) is 13.4. The van der Waals surface area contributed by atoms with Gasteiger partial charge >= 0.3 is 0 Å². The van der Waals surface area contributed by atoms with Crippen LogP contribution in [0.3, 0.4) is 0 Å². The minimum atomic E-state index is -0.152. The minimum Gasteiger partial charge on any atom is -0.399 e. The number of nitrogen functional groups attached to an aromatic ring is 1. The molecule has 3 nitrogen and oxygen atoms in total. The number of rotatable bonds is 5. The van der Waals surface area contributed by atoms with Crippen molar-refractivity contribution in [1.82, 2.24) is 4.90 Å². The molecule has 3 heteroatoms. The predicted octanol–water partition coefficient (Wildman–Crippen LogP) is 3.98. The van der Waals surface area contributed by atoms with E-state index in [-0.39, 0.29) is 5.41 Å². The lowest BCUT2D eigenvalue weighted by Crippen LogP contribution is -2.43. The quantitative estimate of drug-likeness (QED) is 0.833. The van der Waals surface area contributed by atoms with Crippen molar-refractivity contribution in [1.29, 1.82) is 0 Å². The highest BCUT2D eigenvalue weighted by atomic mass is 16.2. The standard InChI is InChI=1S/C18H28N2O/c1-3-13-20(14-15-7-9-16(19)10-8-15)17(21)18(2)11-5-4-6-12-18/h7-10H,3-6,11-14,19H2,1-2H3. The largest absolute Gasteiger partial charge is 0.399 e. The maximum atomic E-state index is 13.0. The van der Waals surface area contributed by atoms with Crippen molar-refractivity contribution in [2.75, 3.05) is 12.3 Å². The van der Waals surface area contributed by atoms with Gasteiger partial charge in [0.2, 0.25) is 5.91 Å². The number of carbonyl (C=O) groups excluding carboxylic acids is 1. The van der Waals surface area contributed by atoms with Crippen LogP contribution in [0, 0.1) is 5.41 Å². The summed E-state index contributed by atoms with van der Waals surface area (Å²) in [7, 11) is 0. The highest BCUT2D eigenvalue weighted by Crippen LogP contribution is 2.37. The number of hydrogen-bond acceptors (Lipinski definition) is 2. The molecule has 0 radical (unpaired) electrons. The number of carbonyl (C=O) groups is 1. The number of nitrogens with zero attached hydrogens (tertiary/aromatic N) is 1. The molecule has 1 amide bonds. The first kappa shape index (κ1) is 15.9. The number of nitrogens with two attached hydrogens (primary N) is 1. The normalized spacial score (nSPS) is 17.4. The fourth-order valence-electron chi connectivity index (χ4n) is 3.29. The average molecular weight is 288 g/mol. The monoisotopic (exact) mass is 288 g/mol. The molecular weight excluding hydrogens is 260 g/mol. The molecule has 1 saturated carbocycles. The second kappa shape index (κ2) is 6.97. The van der Waals surface area contributed by atoms with Crippen LogP contribution in [0.1, 0.15) is 57.9 Å². The molecule has 21 heavy (non-hydrogen) atoms. The molecule has 2 rings (SSSR count). The molecule has 1 aromatic carbocycles. The Labute approximate surface area is 128 Å². The van der Waals surface area contributed by atoms with Gasteiger partial charge in [-0.05, 0) is 37.0 Å². The van der Waals surface area contributed by atoms with Gasteiger partial charge in [0.1, 0.15) is 0 Å². The van der Waals surface area contributed by atoms with E-state index < -0.39 is 0 Å². The molecule has 0 saturated heterocycles. The lowest BCUT2D eigenvalue weighted by molar-refractivity contribution is -0.143. The molecule has 0 unspecified atom stereocenters. The molecule has 0 heterocycles. The van der Waals surface area contributed by atoms with Crippen molar-refractivity contribution in [3.8, 4) is 0 Å². The molecule has 0 atom stereocenters. The van der Waals surface area contributed by atoms with Crippen LogP contribution in [0.25, 0.3) is 0 Å². The molecule has 0 bridgehead atoms. The second-order valence-electron chi connectivity index (χ2n) is 6.59. The summed E-state index contributed by atoms with van der Waals surface area (Å²) in [5.41, 5.74) is 7.51. The van der Waals surface area contributed by atoms with E-state index in [1.165, 1.54) is 19.3 Å². The third-order valence-corrected chi connectivity index (χ3v) is 4.61. The first-order valence-electron chi connectivity index (χ1n) is 8.19. The third kappa shape index (κ3) is 3.99. The van der Waals surface area contributed by atoms with Crippen molar-refractivity contribution >= 4 is 11.6 Å². The van der Waals surface area contributed by atoms with Gasteiger partial charge in [0, 0.05) is 24.2 Å². The Morgan fingerprint density at radius 1 is 1.19 bits per heavy atom. The fourth-order valence-corrected chi connectivity index (χ4v) is 3.29. The molecule has 1 aliphatic rings. The van der Waals surface area contributed by atoms with E-state index in [1.54, 1.807) is 0 Å². The number of hydrogen-bond donors (Lipinski definition) is 1. The number of amides is 1. The Morgan fingerprint density at radius 3 is 2.38 bits per heavy atom. The first-order chi connectivity index (χ1) is 10.0. The second-order valence-corrected chi connectivity index (χ2v) is 6.59. The van der Waals surface area contributed by atoms with Crippen LogP contribution in [-0.2, 0) is 11.3 Å². The van der Waals surface area contributed by atoms with Gasteiger partial charge in [0.25, 0.3) is 0 Å². The molecule has 0 spiro atoms. The average Bonchev–Trinajstić information content (AvgIpc) is 2.49. The van der Waals surface area contributed by atoms with Crippen molar-refractivity contribution < 1.29 is 4.79 Å². The lowest BCUT2D eigenvalue weighted by atomic mass is 9.74. The Balaban J connectivity index is 2.10. The maximum absolute atomic E-state index is 13.0. The van der Waals surface area contributed by atoms with E-state index in [4.69, 9.17) is 5.73 Å². The highest BCUT2D eigenvalue weighted by Gasteiger charge is 2.37. The molecule has 0 aromatic heterocycles. The SMILES string of the molecule is CCCN(Cc1ccc(N)cc1)C(=O)C1(C)CCCCC1. The zero-order chi connectivity index (χ0) is 15.3. The summed E-state index contributed by atoms with van der Waals surface area (Å²) in [6.45, 7) is 5.81. The van der Waals surface area contributed by atoms with Crippen LogP contribution in [0.2, 0.25) is 0 Å². The van der Waals surface area contributed by atoms with Crippen LogP contribution in [0.4, 0.5) is 5.69 Å². The molecule has 116 valence electrons. The van der Waals surface area contributed by atoms with Crippen molar-refractivity contribution in [3.63, 3.8) is 0 Å². The topological polar surface area (TPSA) is 46.3 Å². The fraction of sp³-hybridized carbons (Fsp3) is 0.611. The van der Waals surface area contributed by atoms with Gasteiger partial charge in [-0.25, -0.2) is 0 Å². The minimum absolute atomic E-state index is 0.152. The Morgan fingerprint density at radius 2 is 1.81 bits per heavy atom. The molecule has 1 fully saturated rings. The summed E-state index contributed by atoms with van der Waals surface area (Å²) >= 11 is 0. The number of anilines is 1. The van der Waals surface area contributed by atoms with E-state index in [9.17, 15) is 4.79 Å². The van der Waals surface area contributed by atoms with Crippen molar-refractivity contribution in [3.05, 3.63) is 29.8 Å².